The molecule has 3 aliphatic rings. The van der Waals surface area contributed by atoms with Crippen LogP contribution in [0.5, 0.6) is 0 Å². The number of hydrogen-bond acceptors (Lipinski definition) is 1. The second-order valence-corrected chi connectivity index (χ2v) is 5.79. The highest BCUT2D eigenvalue weighted by atomic mass is 14.9. The molecule has 19 heavy (non-hydrogen) atoms. The van der Waals surface area contributed by atoms with Crippen molar-refractivity contribution in [1.82, 2.24) is 5.32 Å². The van der Waals surface area contributed by atoms with E-state index in [1.165, 1.54) is 17.5 Å². The van der Waals surface area contributed by atoms with E-state index in [1.807, 2.05) is 0 Å². The normalized spacial score (nSPS) is 35.2. The number of fused-ring (bicyclic) bond motifs is 5. The zero-order valence-corrected chi connectivity index (χ0v) is 11.0. The minimum Gasteiger partial charge on any atom is -0.310 e. The van der Waals surface area contributed by atoms with E-state index in [4.69, 9.17) is 0 Å². The monoisotopic (exact) mass is 249 g/mol. The molecule has 0 aromatic heterocycles. The first-order valence-corrected chi connectivity index (χ1v) is 7.29. The Kier molecular flexibility index (Phi) is 2.66. The van der Waals surface area contributed by atoms with Crippen molar-refractivity contribution >= 4 is 6.08 Å². The molecule has 4 atom stereocenters. The largest absolute Gasteiger partial charge is 0.310 e. The summed E-state index contributed by atoms with van der Waals surface area (Å²) >= 11 is 0. The summed E-state index contributed by atoms with van der Waals surface area (Å²) in [5, 5.41) is 3.73. The molecule has 1 aromatic rings. The van der Waals surface area contributed by atoms with Crippen LogP contribution in [0.2, 0.25) is 0 Å². The first-order valence-electron chi connectivity index (χ1n) is 7.29. The van der Waals surface area contributed by atoms with Gasteiger partial charge in [0.15, 0.2) is 0 Å². The van der Waals surface area contributed by atoms with Crippen molar-refractivity contribution in [2.75, 3.05) is 6.54 Å². The van der Waals surface area contributed by atoms with Gasteiger partial charge >= 0.3 is 0 Å². The van der Waals surface area contributed by atoms with Crippen LogP contribution in [0.3, 0.4) is 0 Å². The maximum Gasteiger partial charge on any atom is 0.0328 e. The lowest BCUT2D eigenvalue weighted by atomic mass is 9.70. The molecule has 2 unspecified atom stereocenters. The van der Waals surface area contributed by atoms with Gasteiger partial charge in [-0.25, -0.2) is 0 Å². The van der Waals surface area contributed by atoms with Gasteiger partial charge in [0.05, 0.1) is 0 Å². The Bertz CT molecular complexity index is 567. The van der Waals surface area contributed by atoms with Gasteiger partial charge in [-0.3, -0.25) is 0 Å². The number of nitrogens with one attached hydrogen (secondary N) is 1. The van der Waals surface area contributed by atoms with E-state index in [-0.39, 0.29) is 0 Å². The van der Waals surface area contributed by atoms with Crippen molar-refractivity contribution in [3.8, 4) is 0 Å². The zero-order valence-electron chi connectivity index (χ0n) is 11.0. The SMILES string of the molecule is C1=CC2CCN[C@@H]3C=Cc4ccccc4[C@H]3C2C=C1. The smallest absolute Gasteiger partial charge is 0.0328 e. The van der Waals surface area contributed by atoms with Crippen LogP contribution in [0.4, 0.5) is 0 Å². The quantitative estimate of drug-likeness (QED) is 0.742. The number of benzene rings is 1. The van der Waals surface area contributed by atoms with Gasteiger partial charge in [0.2, 0.25) is 0 Å². The highest BCUT2D eigenvalue weighted by Crippen LogP contribution is 2.43. The Morgan fingerprint density at radius 1 is 1.00 bits per heavy atom. The fourth-order valence-electron chi connectivity index (χ4n) is 3.89. The van der Waals surface area contributed by atoms with E-state index in [1.54, 1.807) is 0 Å². The summed E-state index contributed by atoms with van der Waals surface area (Å²) in [6.07, 6.45) is 15.2. The lowest BCUT2D eigenvalue weighted by Crippen LogP contribution is -2.36. The van der Waals surface area contributed by atoms with Crippen molar-refractivity contribution in [3.05, 3.63) is 65.8 Å². The summed E-state index contributed by atoms with van der Waals surface area (Å²) in [5.41, 5.74) is 2.91. The molecule has 1 N–H and O–H groups in total. The molecule has 1 heterocycles. The van der Waals surface area contributed by atoms with Crippen LogP contribution in [0.15, 0.2) is 54.6 Å². The van der Waals surface area contributed by atoms with Gasteiger partial charge in [0.1, 0.15) is 0 Å². The van der Waals surface area contributed by atoms with Crippen LogP contribution in [0.1, 0.15) is 23.5 Å². The molecular weight excluding hydrogens is 230 g/mol. The van der Waals surface area contributed by atoms with E-state index in [0.29, 0.717) is 23.8 Å². The van der Waals surface area contributed by atoms with Crippen molar-refractivity contribution in [2.24, 2.45) is 11.8 Å². The van der Waals surface area contributed by atoms with Gasteiger partial charge in [-0.05, 0) is 35.9 Å². The fraction of sp³-hybridized carbons (Fsp3) is 0.333. The molecule has 1 heteroatoms. The average Bonchev–Trinajstić information content (AvgIpc) is 2.66. The number of hydrogen-bond donors (Lipinski definition) is 1. The average molecular weight is 249 g/mol. The van der Waals surface area contributed by atoms with Gasteiger partial charge in [-0.15, -0.1) is 0 Å². The molecule has 0 spiro atoms. The van der Waals surface area contributed by atoms with Gasteiger partial charge < -0.3 is 5.32 Å². The molecule has 1 aliphatic heterocycles. The summed E-state index contributed by atoms with van der Waals surface area (Å²) < 4.78 is 0. The summed E-state index contributed by atoms with van der Waals surface area (Å²) in [5.74, 6) is 1.90. The van der Waals surface area contributed by atoms with Crippen molar-refractivity contribution in [2.45, 2.75) is 18.4 Å². The Hall–Kier alpha value is -1.60. The van der Waals surface area contributed by atoms with Gasteiger partial charge in [-0.1, -0.05) is 60.7 Å². The predicted octanol–water partition coefficient (Wildman–Crippen LogP) is 3.52. The Labute approximate surface area is 114 Å². The second kappa shape index (κ2) is 4.50. The summed E-state index contributed by atoms with van der Waals surface area (Å²) in [6.45, 7) is 1.12. The first-order chi connectivity index (χ1) is 9.43. The van der Waals surface area contributed by atoms with Crippen LogP contribution < -0.4 is 5.32 Å². The molecule has 4 rings (SSSR count). The van der Waals surface area contributed by atoms with E-state index in [9.17, 15) is 0 Å². The summed E-state index contributed by atoms with van der Waals surface area (Å²) in [4.78, 5) is 0. The zero-order chi connectivity index (χ0) is 12.7. The molecule has 0 saturated carbocycles. The van der Waals surface area contributed by atoms with E-state index >= 15 is 0 Å². The van der Waals surface area contributed by atoms with E-state index < -0.39 is 0 Å². The molecule has 1 nitrogen and oxygen atoms in total. The number of rotatable bonds is 0. The molecule has 0 radical (unpaired) electrons. The Balaban J connectivity index is 1.83. The number of allylic oxidation sites excluding steroid dienone is 4. The maximum atomic E-state index is 3.73. The molecule has 0 amide bonds. The minimum absolute atomic E-state index is 0.487. The van der Waals surface area contributed by atoms with E-state index in [2.05, 4.69) is 66.0 Å². The van der Waals surface area contributed by atoms with Crippen LogP contribution >= 0.6 is 0 Å². The fourth-order valence-corrected chi connectivity index (χ4v) is 3.89. The van der Waals surface area contributed by atoms with Crippen molar-refractivity contribution < 1.29 is 0 Å². The van der Waals surface area contributed by atoms with E-state index in [0.717, 1.165) is 6.54 Å². The maximum absolute atomic E-state index is 3.73. The molecule has 1 saturated heterocycles. The van der Waals surface area contributed by atoms with Crippen molar-refractivity contribution in [3.63, 3.8) is 0 Å². The first kappa shape index (κ1) is 11.2. The van der Waals surface area contributed by atoms with Gasteiger partial charge in [-0.2, -0.15) is 0 Å². The third kappa shape index (κ3) is 1.81. The topological polar surface area (TPSA) is 12.0 Å². The molecule has 0 bridgehead atoms. The minimum atomic E-state index is 0.487. The molecule has 2 aliphatic carbocycles. The lowest BCUT2D eigenvalue weighted by molar-refractivity contribution is 0.384. The molecule has 1 aromatic carbocycles. The third-order valence-corrected chi connectivity index (χ3v) is 4.79. The highest BCUT2D eigenvalue weighted by Gasteiger charge is 2.37. The molecule has 1 fully saturated rings. The standard InChI is InChI=1S/C18H19N/c1-3-7-15-13(5-1)9-10-17-18(15)16-8-4-2-6-14(16)11-12-19-17/h1-10,14,16-19H,11-12H2/t14?,16?,17-,18+/m1/s1. The molecule has 96 valence electrons. The van der Waals surface area contributed by atoms with Gasteiger partial charge in [0, 0.05) is 12.0 Å². The second-order valence-electron chi connectivity index (χ2n) is 5.79. The summed E-state index contributed by atoms with van der Waals surface area (Å²) in [6, 6.07) is 9.36. The predicted molar refractivity (Wildman–Crippen MR) is 79.9 cm³/mol. The van der Waals surface area contributed by atoms with Crippen LogP contribution in [0.25, 0.3) is 6.08 Å². The van der Waals surface area contributed by atoms with Crippen LogP contribution in [0, 0.1) is 11.8 Å². The Morgan fingerprint density at radius 2 is 1.89 bits per heavy atom. The third-order valence-electron chi connectivity index (χ3n) is 4.79. The molecular formula is C18H19N. The lowest BCUT2D eigenvalue weighted by Gasteiger charge is -2.36. The van der Waals surface area contributed by atoms with Crippen molar-refractivity contribution in [1.29, 1.82) is 0 Å². The summed E-state index contributed by atoms with van der Waals surface area (Å²) in [7, 11) is 0. The van der Waals surface area contributed by atoms with Crippen LogP contribution in [-0.4, -0.2) is 12.6 Å². The van der Waals surface area contributed by atoms with Crippen LogP contribution in [-0.2, 0) is 0 Å². The van der Waals surface area contributed by atoms with Gasteiger partial charge in [0.25, 0.3) is 0 Å². The Morgan fingerprint density at radius 3 is 2.89 bits per heavy atom. The highest BCUT2D eigenvalue weighted by molar-refractivity contribution is 5.60.